The van der Waals surface area contributed by atoms with Gasteiger partial charge in [-0.2, -0.15) is 0 Å². The molecule has 0 saturated heterocycles. The van der Waals surface area contributed by atoms with Crippen molar-refractivity contribution in [1.82, 2.24) is 5.32 Å². The fraction of sp³-hybridized carbons (Fsp3) is 0.333. The highest BCUT2D eigenvalue weighted by molar-refractivity contribution is 9.10. The summed E-state index contributed by atoms with van der Waals surface area (Å²) in [5.41, 5.74) is 3.87. The van der Waals surface area contributed by atoms with Gasteiger partial charge >= 0.3 is 0 Å². The van der Waals surface area contributed by atoms with Gasteiger partial charge in [0.25, 0.3) is 0 Å². The van der Waals surface area contributed by atoms with Crippen LogP contribution in [0.3, 0.4) is 0 Å². The van der Waals surface area contributed by atoms with Crippen LogP contribution >= 0.6 is 15.9 Å². The van der Waals surface area contributed by atoms with Crippen LogP contribution in [-0.4, -0.2) is 6.61 Å². The Kier molecular flexibility index (Phi) is 4.05. The van der Waals surface area contributed by atoms with Crippen molar-refractivity contribution in [3.8, 4) is 5.75 Å². The first-order chi connectivity index (χ1) is 10.0. The SMILES string of the molecule is CC(C)(NCc1ccc2c(c1)CCO2)c1ccc(Br)cc1. The highest BCUT2D eigenvalue weighted by Crippen LogP contribution is 2.27. The molecule has 0 bridgehead atoms. The molecular weight excluding hydrogens is 326 g/mol. The number of nitrogens with one attached hydrogen (secondary N) is 1. The van der Waals surface area contributed by atoms with Crippen molar-refractivity contribution in [2.24, 2.45) is 0 Å². The lowest BCUT2D eigenvalue weighted by molar-refractivity contribution is 0.356. The third kappa shape index (κ3) is 3.30. The molecule has 3 rings (SSSR count). The molecule has 0 spiro atoms. The smallest absolute Gasteiger partial charge is 0.122 e. The number of hydrogen-bond donors (Lipinski definition) is 1. The molecule has 0 aliphatic carbocycles. The highest BCUT2D eigenvalue weighted by Gasteiger charge is 2.20. The second-order valence-electron chi connectivity index (χ2n) is 6.03. The van der Waals surface area contributed by atoms with E-state index in [0.29, 0.717) is 0 Å². The molecule has 2 nitrogen and oxygen atoms in total. The summed E-state index contributed by atoms with van der Waals surface area (Å²) in [6.07, 6.45) is 1.03. The van der Waals surface area contributed by atoms with Crippen molar-refractivity contribution in [3.05, 3.63) is 63.6 Å². The summed E-state index contributed by atoms with van der Waals surface area (Å²) in [6, 6.07) is 15.0. The van der Waals surface area contributed by atoms with Gasteiger partial charge in [0, 0.05) is 23.0 Å². The van der Waals surface area contributed by atoms with E-state index in [1.165, 1.54) is 16.7 Å². The van der Waals surface area contributed by atoms with E-state index in [9.17, 15) is 0 Å². The Hall–Kier alpha value is -1.32. The first-order valence-corrected chi connectivity index (χ1v) is 8.09. The molecule has 0 fully saturated rings. The molecule has 1 heterocycles. The second-order valence-corrected chi connectivity index (χ2v) is 6.94. The zero-order chi connectivity index (χ0) is 14.9. The third-order valence-corrected chi connectivity index (χ3v) is 4.58. The van der Waals surface area contributed by atoms with Gasteiger partial charge in [0.1, 0.15) is 5.75 Å². The number of ether oxygens (including phenoxy) is 1. The predicted octanol–water partition coefficient (Wildman–Crippen LogP) is 4.41. The maximum Gasteiger partial charge on any atom is 0.122 e. The molecule has 0 radical (unpaired) electrons. The monoisotopic (exact) mass is 345 g/mol. The van der Waals surface area contributed by atoms with Gasteiger partial charge in [0.15, 0.2) is 0 Å². The zero-order valence-electron chi connectivity index (χ0n) is 12.4. The van der Waals surface area contributed by atoms with Crippen molar-refractivity contribution < 1.29 is 4.74 Å². The Morgan fingerprint density at radius 1 is 1.14 bits per heavy atom. The van der Waals surface area contributed by atoms with E-state index in [-0.39, 0.29) is 5.54 Å². The maximum atomic E-state index is 5.55. The zero-order valence-corrected chi connectivity index (χ0v) is 14.0. The first kappa shape index (κ1) is 14.6. The van der Waals surface area contributed by atoms with Crippen LogP contribution in [0.5, 0.6) is 5.75 Å². The molecule has 3 heteroatoms. The topological polar surface area (TPSA) is 21.3 Å². The predicted molar refractivity (Wildman–Crippen MR) is 89.6 cm³/mol. The minimum atomic E-state index is -0.0593. The summed E-state index contributed by atoms with van der Waals surface area (Å²) in [5, 5.41) is 3.65. The van der Waals surface area contributed by atoms with Gasteiger partial charge in [-0.25, -0.2) is 0 Å². The van der Waals surface area contributed by atoms with E-state index < -0.39 is 0 Å². The van der Waals surface area contributed by atoms with Crippen LogP contribution < -0.4 is 10.1 Å². The Bertz CT molecular complexity index is 634. The van der Waals surface area contributed by atoms with Gasteiger partial charge < -0.3 is 10.1 Å². The Morgan fingerprint density at radius 2 is 1.90 bits per heavy atom. The summed E-state index contributed by atoms with van der Waals surface area (Å²) in [5.74, 6) is 1.05. The third-order valence-electron chi connectivity index (χ3n) is 4.05. The Balaban J connectivity index is 1.70. The van der Waals surface area contributed by atoms with E-state index in [1.54, 1.807) is 0 Å². The maximum absolute atomic E-state index is 5.55. The van der Waals surface area contributed by atoms with Crippen molar-refractivity contribution in [2.75, 3.05) is 6.61 Å². The van der Waals surface area contributed by atoms with Crippen LogP contribution in [-0.2, 0) is 18.5 Å². The van der Waals surface area contributed by atoms with Crippen LogP contribution in [0.25, 0.3) is 0 Å². The molecule has 1 aliphatic heterocycles. The number of rotatable bonds is 4. The van der Waals surface area contributed by atoms with Gasteiger partial charge in [0.05, 0.1) is 6.61 Å². The average molecular weight is 346 g/mol. The summed E-state index contributed by atoms with van der Waals surface area (Å²) in [7, 11) is 0. The number of halogens is 1. The molecule has 1 aliphatic rings. The first-order valence-electron chi connectivity index (χ1n) is 7.30. The molecule has 21 heavy (non-hydrogen) atoms. The van der Waals surface area contributed by atoms with E-state index in [1.807, 2.05) is 0 Å². The molecule has 1 N–H and O–H groups in total. The lowest BCUT2D eigenvalue weighted by Gasteiger charge is -2.27. The molecule has 2 aromatic rings. The Labute approximate surface area is 134 Å². The lowest BCUT2D eigenvalue weighted by Crippen LogP contribution is -2.35. The van der Waals surface area contributed by atoms with Crippen LogP contribution in [0.15, 0.2) is 46.9 Å². The van der Waals surface area contributed by atoms with Crippen molar-refractivity contribution >= 4 is 15.9 Å². The van der Waals surface area contributed by atoms with Crippen LogP contribution in [0.1, 0.15) is 30.5 Å². The van der Waals surface area contributed by atoms with E-state index in [0.717, 1.165) is 29.8 Å². The van der Waals surface area contributed by atoms with Crippen molar-refractivity contribution in [3.63, 3.8) is 0 Å². The molecule has 0 amide bonds. The van der Waals surface area contributed by atoms with E-state index >= 15 is 0 Å². The standard InChI is InChI=1S/C18H20BrNO/c1-18(2,15-4-6-16(19)7-5-15)20-12-13-3-8-17-14(11-13)9-10-21-17/h3-8,11,20H,9-10,12H2,1-2H3. The van der Waals surface area contributed by atoms with Crippen LogP contribution in [0.4, 0.5) is 0 Å². The van der Waals surface area contributed by atoms with Crippen LogP contribution in [0.2, 0.25) is 0 Å². The summed E-state index contributed by atoms with van der Waals surface area (Å²) >= 11 is 3.48. The van der Waals surface area contributed by atoms with Crippen LogP contribution in [0, 0.1) is 0 Å². The lowest BCUT2D eigenvalue weighted by atomic mass is 9.94. The fourth-order valence-corrected chi connectivity index (χ4v) is 2.91. The van der Waals surface area contributed by atoms with Gasteiger partial charge in [-0.1, -0.05) is 40.2 Å². The molecule has 0 atom stereocenters. The Morgan fingerprint density at radius 3 is 2.67 bits per heavy atom. The van der Waals surface area contributed by atoms with Gasteiger partial charge in [-0.15, -0.1) is 0 Å². The largest absolute Gasteiger partial charge is 0.493 e. The van der Waals surface area contributed by atoms with Crippen molar-refractivity contribution in [2.45, 2.75) is 32.4 Å². The quantitative estimate of drug-likeness (QED) is 0.886. The fourth-order valence-electron chi connectivity index (χ4n) is 2.64. The summed E-state index contributed by atoms with van der Waals surface area (Å²) in [6.45, 7) is 6.10. The molecule has 0 saturated carbocycles. The summed E-state index contributed by atoms with van der Waals surface area (Å²) < 4.78 is 6.67. The normalized spacial score (nSPS) is 13.9. The van der Waals surface area contributed by atoms with Gasteiger partial charge in [-0.3, -0.25) is 0 Å². The molecular formula is C18H20BrNO. The molecule has 0 unspecified atom stereocenters. The molecule has 110 valence electrons. The number of fused-ring (bicyclic) bond motifs is 1. The van der Waals surface area contributed by atoms with E-state index in [2.05, 4.69) is 77.6 Å². The van der Waals surface area contributed by atoms with Gasteiger partial charge in [-0.05, 0) is 48.7 Å². The second kappa shape index (κ2) is 5.82. The van der Waals surface area contributed by atoms with Gasteiger partial charge in [0.2, 0.25) is 0 Å². The minimum Gasteiger partial charge on any atom is -0.493 e. The molecule has 2 aromatic carbocycles. The summed E-state index contributed by atoms with van der Waals surface area (Å²) in [4.78, 5) is 0. The highest BCUT2D eigenvalue weighted by atomic mass is 79.9. The average Bonchev–Trinajstić information content (AvgIpc) is 2.93. The van der Waals surface area contributed by atoms with Crippen molar-refractivity contribution in [1.29, 1.82) is 0 Å². The number of hydrogen-bond acceptors (Lipinski definition) is 2. The minimum absolute atomic E-state index is 0.0593. The molecule has 0 aromatic heterocycles. The van der Waals surface area contributed by atoms with E-state index in [4.69, 9.17) is 4.74 Å². The number of benzene rings is 2.